The molecule has 2 bridgehead atoms. The van der Waals surface area contributed by atoms with Gasteiger partial charge in [-0.15, -0.1) is 0 Å². The Morgan fingerprint density at radius 2 is 1.81 bits per heavy atom. The van der Waals surface area contributed by atoms with E-state index in [4.69, 9.17) is 19.6 Å². The minimum Gasteiger partial charge on any atom is -0.493 e. The van der Waals surface area contributed by atoms with E-state index < -0.39 is 8.32 Å². The predicted molar refractivity (Wildman–Crippen MR) is 165 cm³/mol. The Labute approximate surface area is 249 Å². The molecule has 2 aromatic carbocycles. The molecule has 9 heteroatoms. The quantitative estimate of drug-likeness (QED) is 0.240. The lowest BCUT2D eigenvalue weighted by Gasteiger charge is -2.44. The largest absolute Gasteiger partial charge is 0.493 e. The van der Waals surface area contributed by atoms with E-state index in [-0.39, 0.29) is 22.4 Å². The van der Waals surface area contributed by atoms with E-state index in [0.29, 0.717) is 60.3 Å². The number of methoxy groups -OCH3 is 1. The molecule has 0 radical (unpaired) electrons. The highest BCUT2D eigenvalue weighted by Gasteiger charge is 2.90. The molecule has 42 heavy (non-hydrogen) atoms. The molecule has 3 heterocycles. The van der Waals surface area contributed by atoms with Crippen molar-refractivity contribution in [2.75, 3.05) is 26.0 Å². The van der Waals surface area contributed by atoms with Crippen molar-refractivity contribution >= 4 is 19.9 Å². The maximum atomic E-state index is 14.2. The van der Waals surface area contributed by atoms with E-state index in [2.05, 4.69) is 43.8 Å². The third-order valence-corrected chi connectivity index (χ3v) is 14.9. The number of amides is 1. The fourth-order valence-electron chi connectivity index (χ4n) is 6.98. The molecule has 0 spiro atoms. The van der Waals surface area contributed by atoms with E-state index in [0.717, 1.165) is 12.0 Å². The number of nitrogen functional groups attached to an aromatic ring is 1. The summed E-state index contributed by atoms with van der Waals surface area (Å²) in [5.41, 5.74) is 9.69. The molecule has 2 N–H and O–H groups in total. The molecule has 8 nitrogen and oxygen atoms in total. The first-order valence-electron chi connectivity index (χ1n) is 14.9. The van der Waals surface area contributed by atoms with Gasteiger partial charge in [-0.2, -0.15) is 0 Å². The SMILES string of the molecule is COc1cc(C(=O)N2CC3[C@H]4C([C@H]2CCO[Si](C)(C)C(C)(C)C)[C@]34c2cncnc2)c(N)cc1OCc1ccccc1. The molecule has 5 atom stereocenters. The number of benzene rings is 2. The van der Waals surface area contributed by atoms with Gasteiger partial charge in [-0.25, -0.2) is 9.97 Å². The summed E-state index contributed by atoms with van der Waals surface area (Å²) in [4.78, 5) is 24.9. The third kappa shape index (κ3) is 4.67. The fourth-order valence-corrected chi connectivity index (χ4v) is 8.04. The predicted octanol–water partition coefficient (Wildman–Crippen LogP) is 5.70. The molecular formula is C33H42N4O4Si. The van der Waals surface area contributed by atoms with Crippen LogP contribution in [0.2, 0.25) is 18.1 Å². The lowest BCUT2D eigenvalue weighted by Crippen LogP contribution is -2.53. The Balaban J connectivity index is 1.24. The van der Waals surface area contributed by atoms with Crippen molar-refractivity contribution in [1.82, 2.24) is 14.9 Å². The molecule has 222 valence electrons. The summed E-state index contributed by atoms with van der Waals surface area (Å²) in [6.45, 7) is 13.0. The van der Waals surface area contributed by atoms with Gasteiger partial charge in [-0.05, 0) is 59.5 Å². The van der Waals surface area contributed by atoms with Crippen molar-refractivity contribution in [1.29, 1.82) is 0 Å². The first-order valence-corrected chi connectivity index (χ1v) is 17.8. The second kappa shape index (κ2) is 10.4. The normalized spacial score (nSPS) is 25.9. The van der Waals surface area contributed by atoms with Crippen molar-refractivity contribution in [2.45, 2.75) is 63.4 Å². The van der Waals surface area contributed by atoms with Gasteiger partial charge in [-0.1, -0.05) is 51.1 Å². The van der Waals surface area contributed by atoms with Gasteiger partial charge in [0.2, 0.25) is 0 Å². The molecule has 2 saturated heterocycles. The van der Waals surface area contributed by atoms with Gasteiger partial charge in [0.25, 0.3) is 5.91 Å². The number of ether oxygens (including phenoxy) is 2. The highest BCUT2D eigenvalue weighted by Crippen LogP contribution is 2.87. The number of nitrogens with zero attached hydrogens (tertiary/aromatic N) is 3. The maximum Gasteiger partial charge on any atom is 0.256 e. The second-order valence-electron chi connectivity index (χ2n) is 13.5. The maximum absolute atomic E-state index is 14.2. The van der Waals surface area contributed by atoms with Crippen molar-refractivity contribution in [3.8, 4) is 11.5 Å². The van der Waals surface area contributed by atoms with Gasteiger partial charge in [0.05, 0.1) is 12.7 Å². The molecule has 2 aliphatic carbocycles. The summed E-state index contributed by atoms with van der Waals surface area (Å²) < 4.78 is 18.3. The van der Waals surface area contributed by atoms with Crippen LogP contribution in [0.1, 0.15) is 48.7 Å². The van der Waals surface area contributed by atoms with E-state index in [1.54, 1.807) is 25.6 Å². The average molecular weight is 587 g/mol. The second-order valence-corrected chi connectivity index (χ2v) is 18.3. The monoisotopic (exact) mass is 586 g/mol. The van der Waals surface area contributed by atoms with E-state index >= 15 is 0 Å². The smallest absolute Gasteiger partial charge is 0.256 e. The van der Waals surface area contributed by atoms with Crippen LogP contribution in [0.25, 0.3) is 0 Å². The zero-order valence-corrected chi connectivity index (χ0v) is 26.5. The number of carbonyl (C=O) groups is 1. The van der Waals surface area contributed by atoms with Gasteiger partial charge >= 0.3 is 0 Å². The van der Waals surface area contributed by atoms with Crippen molar-refractivity contribution in [2.24, 2.45) is 17.8 Å². The summed E-state index contributed by atoms with van der Waals surface area (Å²) in [7, 11) is -0.337. The summed E-state index contributed by atoms with van der Waals surface area (Å²) >= 11 is 0. The first kappa shape index (κ1) is 28.7. The number of hydrogen-bond donors (Lipinski definition) is 1. The van der Waals surface area contributed by atoms with Crippen LogP contribution in [0.3, 0.4) is 0 Å². The van der Waals surface area contributed by atoms with Gasteiger partial charge in [0, 0.05) is 48.8 Å². The first-order chi connectivity index (χ1) is 20.0. The van der Waals surface area contributed by atoms with Crippen LogP contribution < -0.4 is 15.2 Å². The van der Waals surface area contributed by atoms with Gasteiger partial charge in [0.1, 0.15) is 12.9 Å². The van der Waals surface area contributed by atoms with Crippen LogP contribution in [0.5, 0.6) is 11.5 Å². The van der Waals surface area contributed by atoms with Crippen molar-refractivity contribution in [3.05, 3.63) is 77.9 Å². The minimum atomic E-state index is -1.92. The van der Waals surface area contributed by atoms with Gasteiger partial charge in [0.15, 0.2) is 19.8 Å². The topological polar surface area (TPSA) is 99.8 Å². The Morgan fingerprint density at radius 1 is 1.10 bits per heavy atom. The summed E-state index contributed by atoms with van der Waals surface area (Å²) in [6.07, 6.45) is 6.28. The number of fused-ring (bicyclic) bond motifs is 2. The zero-order chi connectivity index (χ0) is 29.9. The van der Waals surface area contributed by atoms with E-state index in [1.807, 2.05) is 47.6 Å². The Kier molecular flexibility index (Phi) is 7.09. The Morgan fingerprint density at radius 3 is 2.48 bits per heavy atom. The molecule has 4 aliphatic rings. The molecule has 4 fully saturated rings. The van der Waals surface area contributed by atoms with Crippen LogP contribution in [-0.2, 0) is 16.4 Å². The Bertz CT molecular complexity index is 1460. The van der Waals surface area contributed by atoms with E-state index in [1.165, 1.54) is 5.56 Å². The number of piperidine rings is 2. The molecule has 2 saturated carbocycles. The molecule has 3 aromatic rings. The summed E-state index contributed by atoms with van der Waals surface area (Å²) in [6, 6.07) is 13.4. The molecular weight excluding hydrogens is 544 g/mol. The van der Waals surface area contributed by atoms with Crippen molar-refractivity contribution in [3.63, 3.8) is 0 Å². The van der Waals surface area contributed by atoms with Gasteiger partial charge in [-0.3, -0.25) is 4.79 Å². The lowest BCUT2D eigenvalue weighted by atomic mass is 9.80. The standard InChI is InChI=1S/C33H42N4O4Si/c1-32(2,3)42(5,6)41-13-12-26-30-29-24(33(29,30)22-16-35-20-36-17-22)18-37(26)31(38)23-14-27(39-4)28(15-25(23)34)40-19-21-10-8-7-9-11-21/h7-11,14-17,20,24,26,29-30H,12-13,18-19,34H2,1-6H3/t24?,26-,29+,30?,33-/m1/s1. The number of aromatic nitrogens is 2. The molecule has 7 rings (SSSR count). The van der Waals surface area contributed by atoms with E-state index in [9.17, 15) is 4.79 Å². The number of carbonyl (C=O) groups excluding carboxylic acids is 1. The zero-order valence-electron chi connectivity index (χ0n) is 25.5. The molecule has 2 unspecified atom stereocenters. The number of rotatable bonds is 10. The summed E-state index contributed by atoms with van der Waals surface area (Å²) in [5.74, 6) is 2.32. The average Bonchev–Trinajstić information content (AvgIpc) is 3.86. The highest BCUT2D eigenvalue weighted by atomic mass is 28.4. The summed E-state index contributed by atoms with van der Waals surface area (Å²) in [5, 5.41) is 0.125. The molecule has 1 amide bonds. The minimum absolute atomic E-state index is 0.0527. The number of hydrogen-bond acceptors (Lipinski definition) is 7. The third-order valence-electron chi connectivity index (χ3n) is 10.3. The van der Waals surface area contributed by atoms with Crippen LogP contribution in [0, 0.1) is 17.8 Å². The molecule has 2 aliphatic heterocycles. The number of nitrogens with two attached hydrogens (primary N) is 1. The lowest BCUT2D eigenvalue weighted by molar-refractivity contribution is 0.0359. The van der Waals surface area contributed by atoms with Crippen molar-refractivity contribution < 1.29 is 18.7 Å². The molecule has 1 aromatic heterocycles. The van der Waals surface area contributed by atoms with Crippen LogP contribution in [0.15, 0.2) is 61.2 Å². The van der Waals surface area contributed by atoms with Crippen LogP contribution >= 0.6 is 0 Å². The van der Waals surface area contributed by atoms with Gasteiger partial charge < -0.3 is 24.5 Å². The highest BCUT2D eigenvalue weighted by molar-refractivity contribution is 6.74. The van der Waals surface area contributed by atoms with Crippen LogP contribution in [0.4, 0.5) is 5.69 Å². The fraction of sp³-hybridized carbons (Fsp3) is 0.485. The number of anilines is 1. The Hall–Kier alpha value is -3.43. The van der Waals surface area contributed by atoms with Crippen LogP contribution in [-0.4, -0.2) is 55.4 Å².